The molecule has 27 heavy (non-hydrogen) atoms. The molecule has 2 saturated heterocycles. The summed E-state index contributed by atoms with van der Waals surface area (Å²) >= 11 is 0. The van der Waals surface area contributed by atoms with Gasteiger partial charge in [0.2, 0.25) is 18.6 Å². The van der Waals surface area contributed by atoms with Crippen LogP contribution in [0.5, 0.6) is 11.5 Å². The summed E-state index contributed by atoms with van der Waals surface area (Å²) in [5.74, 6) is 0.974. The fourth-order valence-electron chi connectivity index (χ4n) is 4.40. The van der Waals surface area contributed by atoms with Crippen molar-refractivity contribution in [1.29, 1.82) is 0 Å². The summed E-state index contributed by atoms with van der Waals surface area (Å²) < 4.78 is 10.8. The van der Waals surface area contributed by atoms with Gasteiger partial charge < -0.3 is 24.1 Å². The standard InChI is InChI=1S/C20H21N3O4/c1-5-8-22-12(2)18(24)23-14(19(22)25)10-20(3,21-4)17(23)13-6-7-15-16(9-13)27-11-26-15/h5-7,9,12,14,17H,1,8,10-11H2,2-3H3/t12-,14+,17?,20+/m1/s1. The van der Waals surface area contributed by atoms with Crippen molar-refractivity contribution in [3.63, 3.8) is 0 Å². The molecule has 1 aromatic rings. The van der Waals surface area contributed by atoms with E-state index in [0.717, 1.165) is 5.56 Å². The lowest BCUT2D eigenvalue weighted by Crippen LogP contribution is -2.62. The van der Waals surface area contributed by atoms with E-state index >= 15 is 0 Å². The van der Waals surface area contributed by atoms with E-state index in [-0.39, 0.29) is 18.6 Å². The highest BCUT2D eigenvalue weighted by Gasteiger charge is 2.62. The topological polar surface area (TPSA) is 63.4 Å². The van der Waals surface area contributed by atoms with Crippen molar-refractivity contribution in [2.24, 2.45) is 0 Å². The zero-order valence-electron chi connectivity index (χ0n) is 15.3. The molecule has 4 atom stereocenters. The number of hydrogen-bond donors (Lipinski definition) is 0. The predicted molar refractivity (Wildman–Crippen MR) is 96.9 cm³/mol. The maximum Gasteiger partial charge on any atom is 0.256 e. The van der Waals surface area contributed by atoms with Gasteiger partial charge in [-0.2, -0.15) is 0 Å². The molecule has 0 bridgehead atoms. The quantitative estimate of drug-likeness (QED) is 0.607. The van der Waals surface area contributed by atoms with Crippen LogP contribution in [0.2, 0.25) is 0 Å². The van der Waals surface area contributed by atoms with E-state index in [2.05, 4.69) is 11.4 Å². The third-order valence-electron chi connectivity index (χ3n) is 5.75. The van der Waals surface area contributed by atoms with E-state index < -0.39 is 23.7 Å². The van der Waals surface area contributed by atoms with Gasteiger partial charge in [0.25, 0.3) is 5.54 Å². The van der Waals surface area contributed by atoms with Gasteiger partial charge in [0.15, 0.2) is 11.5 Å². The molecule has 140 valence electrons. The SMILES string of the molecule is [C-]#[N+][C@@]1(C)C[C@H]2C(=O)N(CC=C)[C@H](C)C(=O)N2C1c1ccc2c(c1)OCO2. The fraction of sp³-hybridized carbons (Fsp3) is 0.450. The van der Waals surface area contributed by atoms with Crippen LogP contribution < -0.4 is 9.47 Å². The number of benzene rings is 1. The van der Waals surface area contributed by atoms with Crippen LogP contribution in [0.4, 0.5) is 0 Å². The Labute approximate surface area is 158 Å². The Morgan fingerprint density at radius 3 is 2.78 bits per heavy atom. The summed E-state index contributed by atoms with van der Waals surface area (Å²) in [5.41, 5.74) is -0.112. The second-order valence-electron chi connectivity index (χ2n) is 7.40. The first-order valence-corrected chi connectivity index (χ1v) is 8.93. The lowest BCUT2D eigenvalue weighted by atomic mass is 9.87. The van der Waals surface area contributed by atoms with Crippen molar-refractivity contribution in [2.45, 2.75) is 43.9 Å². The van der Waals surface area contributed by atoms with Crippen LogP contribution in [-0.2, 0) is 9.59 Å². The summed E-state index contributed by atoms with van der Waals surface area (Å²) in [4.78, 5) is 33.3. The number of fused-ring (bicyclic) bond motifs is 2. The number of amides is 2. The third-order valence-corrected chi connectivity index (χ3v) is 5.75. The summed E-state index contributed by atoms with van der Waals surface area (Å²) in [6.07, 6.45) is 1.93. The molecule has 3 aliphatic rings. The summed E-state index contributed by atoms with van der Waals surface area (Å²) in [6, 6.07) is 3.72. The van der Waals surface area contributed by atoms with E-state index in [0.29, 0.717) is 24.5 Å². The maximum atomic E-state index is 13.2. The summed E-state index contributed by atoms with van der Waals surface area (Å²) in [7, 11) is 0. The van der Waals surface area contributed by atoms with E-state index in [9.17, 15) is 9.59 Å². The van der Waals surface area contributed by atoms with Crippen LogP contribution in [0.3, 0.4) is 0 Å². The predicted octanol–water partition coefficient (Wildman–Crippen LogP) is 2.15. The molecule has 0 aliphatic carbocycles. The normalized spacial score (nSPS) is 31.7. The van der Waals surface area contributed by atoms with Gasteiger partial charge in [0, 0.05) is 13.5 Å². The second-order valence-corrected chi connectivity index (χ2v) is 7.40. The Morgan fingerprint density at radius 1 is 1.33 bits per heavy atom. The van der Waals surface area contributed by atoms with Crippen LogP contribution >= 0.6 is 0 Å². The minimum atomic E-state index is -0.895. The van der Waals surface area contributed by atoms with E-state index in [1.165, 1.54) is 0 Å². The van der Waals surface area contributed by atoms with Crippen LogP contribution in [-0.4, -0.2) is 52.6 Å². The van der Waals surface area contributed by atoms with Crippen molar-refractivity contribution in [2.75, 3.05) is 13.3 Å². The lowest BCUT2D eigenvalue weighted by Gasteiger charge is -2.42. The van der Waals surface area contributed by atoms with Crippen molar-refractivity contribution in [3.05, 3.63) is 47.8 Å². The first-order valence-electron chi connectivity index (χ1n) is 8.93. The van der Waals surface area contributed by atoms with Crippen LogP contribution in [0, 0.1) is 6.57 Å². The van der Waals surface area contributed by atoms with Gasteiger partial charge in [-0.25, -0.2) is 6.57 Å². The molecule has 2 fully saturated rings. The number of ether oxygens (including phenoxy) is 2. The smallest absolute Gasteiger partial charge is 0.256 e. The Bertz CT molecular complexity index is 876. The number of rotatable bonds is 3. The molecule has 0 spiro atoms. The number of carbonyl (C=O) groups is 2. The van der Waals surface area contributed by atoms with Gasteiger partial charge in [0.1, 0.15) is 18.1 Å². The number of hydrogen-bond acceptors (Lipinski definition) is 4. The largest absolute Gasteiger partial charge is 0.454 e. The zero-order valence-corrected chi connectivity index (χ0v) is 15.3. The average Bonchev–Trinajstić information content (AvgIpc) is 3.25. The molecule has 4 rings (SSSR count). The second kappa shape index (κ2) is 6.02. The molecular weight excluding hydrogens is 346 g/mol. The van der Waals surface area contributed by atoms with Gasteiger partial charge in [-0.15, -0.1) is 6.58 Å². The summed E-state index contributed by atoms with van der Waals surface area (Å²) in [5, 5.41) is 0. The Balaban J connectivity index is 1.79. The number of piperazine rings is 1. The van der Waals surface area contributed by atoms with Crippen molar-refractivity contribution >= 4 is 11.8 Å². The van der Waals surface area contributed by atoms with E-state index in [4.69, 9.17) is 16.0 Å². The van der Waals surface area contributed by atoms with E-state index in [1.54, 1.807) is 28.9 Å². The Hall–Kier alpha value is -3.01. The van der Waals surface area contributed by atoms with Crippen molar-refractivity contribution < 1.29 is 19.1 Å². The van der Waals surface area contributed by atoms with Gasteiger partial charge in [0.05, 0.1) is 6.42 Å². The highest BCUT2D eigenvalue weighted by Crippen LogP contribution is 2.50. The molecule has 0 radical (unpaired) electrons. The van der Waals surface area contributed by atoms with Gasteiger partial charge >= 0.3 is 0 Å². The monoisotopic (exact) mass is 367 g/mol. The Kier molecular flexibility index (Phi) is 3.88. The molecule has 7 nitrogen and oxygen atoms in total. The van der Waals surface area contributed by atoms with Gasteiger partial charge in [-0.3, -0.25) is 9.59 Å². The van der Waals surface area contributed by atoms with Gasteiger partial charge in [-0.1, -0.05) is 12.1 Å². The van der Waals surface area contributed by atoms with Crippen LogP contribution in [0.1, 0.15) is 31.9 Å². The van der Waals surface area contributed by atoms with Gasteiger partial charge in [-0.05, 0) is 24.6 Å². The Morgan fingerprint density at radius 2 is 2.07 bits per heavy atom. The first-order chi connectivity index (χ1) is 12.9. The molecule has 1 aromatic carbocycles. The molecule has 0 saturated carbocycles. The molecule has 1 unspecified atom stereocenters. The lowest BCUT2D eigenvalue weighted by molar-refractivity contribution is -0.160. The molecule has 7 heteroatoms. The zero-order chi connectivity index (χ0) is 19.3. The average molecular weight is 367 g/mol. The molecule has 2 amide bonds. The van der Waals surface area contributed by atoms with Crippen LogP contribution in [0.15, 0.2) is 30.9 Å². The van der Waals surface area contributed by atoms with Crippen molar-refractivity contribution in [1.82, 2.24) is 9.80 Å². The molecule has 3 aliphatic heterocycles. The maximum absolute atomic E-state index is 13.2. The minimum absolute atomic E-state index is 0.125. The van der Waals surface area contributed by atoms with Crippen LogP contribution in [0.25, 0.3) is 4.85 Å². The molecule has 3 heterocycles. The third kappa shape index (κ3) is 2.40. The fourth-order valence-corrected chi connectivity index (χ4v) is 4.40. The molecular formula is C20H21N3O4. The molecule has 0 N–H and O–H groups in total. The van der Waals surface area contributed by atoms with E-state index in [1.807, 2.05) is 19.1 Å². The highest BCUT2D eigenvalue weighted by atomic mass is 16.7. The summed E-state index contributed by atoms with van der Waals surface area (Å²) in [6.45, 7) is 15.5. The van der Waals surface area contributed by atoms with Crippen molar-refractivity contribution in [3.8, 4) is 11.5 Å². The number of carbonyl (C=O) groups excluding carboxylic acids is 2. The highest BCUT2D eigenvalue weighted by molar-refractivity contribution is 5.98. The minimum Gasteiger partial charge on any atom is -0.454 e. The molecule has 0 aromatic heterocycles. The number of nitrogens with zero attached hydrogens (tertiary/aromatic N) is 3. The first kappa shape index (κ1) is 17.4.